The topological polar surface area (TPSA) is 24.4 Å². The van der Waals surface area contributed by atoms with Crippen molar-refractivity contribution in [3.63, 3.8) is 0 Å². The predicted molar refractivity (Wildman–Crippen MR) is 30.0 cm³/mol. The van der Waals surface area contributed by atoms with E-state index < -0.39 is 0 Å². The van der Waals surface area contributed by atoms with Crippen LogP contribution in [0, 0.1) is 0 Å². The summed E-state index contributed by atoms with van der Waals surface area (Å²) in [5.41, 5.74) is 2.44. The van der Waals surface area contributed by atoms with Crippen LogP contribution in [-0.4, -0.2) is 13.8 Å². The van der Waals surface area contributed by atoms with Crippen LogP contribution in [0.1, 0.15) is 13.8 Å². The van der Waals surface area contributed by atoms with E-state index in [2.05, 4.69) is 17.2 Å². The average molecular weight is 88.2 g/mol. The van der Waals surface area contributed by atoms with Gasteiger partial charge in [-0.1, -0.05) is 13.8 Å². The molecule has 0 atom stereocenters. The maximum atomic E-state index is 3.24. The fourth-order valence-electron chi connectivity index (χ4n) is 0. The Balaban J connectivity index is 0. The molecule has 0 rings (SSSR count). The highest BCUT2D eigenvalue weighted by molar-refractivity contribution is 5.22. The molecule has 0 radical (unpaired) electrons. The van der Waals surface area contributed by atoms with Crippen LogP contribution in [-0.2, 0) is 0 Å². The summed E-state index contributed by atoms with van der Waals surface area (Å²) >= 11 is 0. The van der Waals surface area contributed by atoms with Gasteiger partial charge in [0.15, 0.2) is 0 Å². The number of hydrogen-bond acceptors (Lipinski definition) is 2. The molecule has 38 valence electrons. The molecule has 0 fully saturated rings. The molecule has 2 nitrogen and oxygen atoms in total. The van der Waals surface area contributed by atoms with Gasteiger partial charge in [0.25, 0.3) is 0 Å². The molecule has 0 heterocycles. The zero-order valence-electron chi connectivity index (χ0n) is 4.65. The molecule has 0 aromatic heterocycles. The van der Waals surface area contributed by atoms with Gasteiger partial charge in [0.1, 0.15) is 0 Å². The Morgan fingerprint density at radius 1 is 1.50 bits per heavy atom. The second-order valence-electron chi connectivity index (χ2n) is 0.382. The SMILES string of the molecule is C=NNC.CC. The minimum absolute atomic E-state index is 1.70. The van der Waals surface area contributed by atoms with E-state index in [9.17, 15) is 0 Å². The third-order valence-electron chi connectivity index (χ3n) is 0.158. The molecule has 0 spiro atoms. The third kappa shape index (κ3) is 95.8. The Labute approximate surface area is 39.3 Å². The molecule has 0 aliphatic rings. The first-order chi connectivity index (χ1) is 2.91. The Bertz CT molecular complexity index is 19.5. The first-order valence-corrected chi connectivity index (χ1v) is 2.04. The quantitative estimate of drug-likeness (QED) is 0.373. The van der Waals surface area contributed by atoms with Crippen molar-refractivity contribution in [3.05, 3.63) is 0 Å². The van der Waals surface area contributed by atoms with Crippen LogP contribution in [0.15, 0.2) is 5.10 Å². The second-order valence-corrected chi connectivity index (χ2v) is 0.382. The lowest BCUT2D eigenvalue weighted by Crippen LogP contribution is -1.88. The molecule has 0 amide bonds. The van der Waals surface area contributed by atoms with Gasteiger partial charge in [-0.2, -0.15) is 5.10 Å². The number of hydrogen-bond donors (Lipinski definition) is 1. The van der Waals surface area contributed by atoms with Gasteiger partial charge in [-0.25, -0.2) is 0 Å². The monoisotopic (exact) mass is 88.1 g/mol. The molecule has 2 heteroatoms. The van der Waals surface area contributed by atoms with Gasteiger partial charge in [-0.05, 0) is 0 Å². The maximum Gasteiger partial charge on any atom is 0.0216 e. The van der Waals surface area contributed by atoms with Crippen LogP contribution in [0.5, 0.6) is 0 Å². The van der Waals surface area contributed by atoms with Gasteiger partial charge in [0, 0.05) is 13.8 Å². The van der Waals surface area contributed by atoms with Crippen LogP contribution in [0.2, 0.25) is 0 Å². The van der Waals surface area contributed by atoms with Crippen molar-refractivity contribution in [2.24, 2.45) is 5.10 Å². The lowest BCUT2D eigenvalue weighted by Gasteiger charge is -1.71. The van der Waals surface area contributed by atoms with Crippen molar-refractivity contribution < 1.29 is 0 Å². The fraction of sp³-hybridized carbons (Fsp3) is 0.750. The predicted octanol–water partition coefficient (Wildman–Crippen LogP) is 0.848. The van der Waals surface area contributed by atoms with Crippen molar-refractivity contribution in [3.8, 4) is 0 Å². The summed E-state index contributed by atoms with van der Waals surface area (Å²) in [7, 11) is 1.70. The smallest absolute Gasteiger partial charge is 0.0216 e. The first kappa shape index (κ1) is 9.08. The first-order valence-electron chi connectivity index (χ1n) is 2.04. The van der Waals surface area contributed by atoms with Crippen LogP contribution in [0.3, 0.4) is 0 Å². The molecular weight excluding hydrogens is 76.1 g/mol. The van der Waals surface area contributed by atoms with Crippen LogP contribution in [0.25, 0.3) is 0 Å². The standard InChI is InChI=1S/C2H6N2.C2H6/c1-3-4-2;1-2/h4H,1H2,2H3;1-2H3. The molecule has 0 bridgehead atoms. The molecule has 6 heavy (non-hydrogen) atoms. The number of hydrazone groups is 1. The van der Waals surface area contributed by atoms with Crippen LogP contribution in [0.4, 0.5) is 0 Å². The van der Waals surface area contributed by atoms with E-state index in [1.165, 1.54) is 0 Å². The minimum atomic E-state index is 1.70. The van der Waals surface area contributed by atoms with Gasteiger partial charge >= 0.3 is 0 Å². The molecule has 0 saturated carbocycles. The van der Waals surface area contributed by atoms with Gasteiger partial charge < -0.3 is 5.43 Å². The van der Waals surface area contributed by atoms with Crippen molar-refractivity contribution in [2.75, 3.05) is 7.05 Å². The van der Waals surface area contributed by atoms with Crippen molar-refractivity contribution in [1.82, 2.24) is 5.43 Å². The van der Waals surface area contributed by atoms with E-state index in [1.807, 2.05) is 13.8 Å². The van der Waals surface area contributed by atoms with Crippen molar-refractivity contribution >= 4 is 6.72 Å². The summed E-state index contributed by atoms with van der Waals surface area (Å²) in [6.07, 6.45) is 0. The lowest BCUT2D eigenvalue weighted by molar-refractivity contribution is 0.913. The number of nitrogens with zero attached hydrogens (tertiary/aromatic N) is 1. The van der Waals surface area contributed by atoms with Crippen molar-refractivity contribution in [1.29, 1.82) is 0 Å². The van der Waals surface area contributed by atoms with E-state index in [4.69, 9.17) is 0 Å². The number of nitrogens with one attached hydrogen (secondary N) is 1. The summed E-state index contributed by atoms with van der Waals surface area (Å²) < 4.78 is 0. The lowest BCUT2D eigenvalue weighted by atomic mass is 11.0. The Morgan fingerprint density at radius 2 is 1.67 bits per heavy atom. The van der Waals surface area contributed by atoms with Crippen molar-refractivity contribution in [2.45, 2.75) is 13.8 Å². The Hall–Kier alpha value is -0.530. The molecule has 0 aromatic carbocycles. The highest BCUT2D eigenvalue weighted by atomic mass is 15.2. The van der Waals surface area contributed by atoms with E-state index >= 15 is 0 Å². The molecule has 0 saturated heterocycles. The summed E-state index contributed by atoms with van der Waals surface area (Å²) in [6.45, 7) is 7.12. The second kappa shape index (κ2) is 24.9. The highest BCUT2D eigenvalue weighted by Gasteiger charge is 1.33. The summed E-state index contributed by atoms with van der Waals surface area (Å²) in [6, 6.07) is 0. The maximum absolute atomic E-state index is 3.24. The summed E-state index contributed by atoms with van der Waals surface area (Å²) in [5, 5.41) is 3.24. The summed E-state index contributed by atoms with van der Waals surface area (Å²) in [5.74, 6) is 0. The molecular formula is C4H12N2. The molecule has 0 unspecified atom stereocenters. The van der Waals surface area contributed by atoms with E-state index in [-0.39, 0.29) is 0 Å². The van der Waals surface area contributed by atoms with E-state index in [0.717, 1.165) is 0 Å². The Morgan fingerprint density at radius 3 is 1.67 bits per heavy atom. The van der Waals surface area contributed by atoms with Crippen LogP contribution < -0.4 is 5.43 Å². The fourth-order valence-corrected chi connectivity index (χ4v) is 0. The van der Waals surface area contributed by atoms with Gasteiger partial charge in [-0.3, -0.25) is 0 Å². The third-order valence-corrected chi connectivity index (χ3v) is 0.158. The molecule has 1 N–H and O–H groups in total. The molecule has 0 aliphatic heterocycles. The van der Waals surface area contributed by atoms with Crippen LogP contribution >= 0.6 is 0 Å². The largest absolute Gasteiger partial charge is 0.314 e. The highest BCUT2D eigenvalue weighted by Crippen LogP contribution is 1.27. The molecule has 0 aliphatic carbocycles. The van der Waals surface area contributed by atoms with E-state index in [0.29, 0.717) is 0 Å². The van der Waals surface area contributed by atoms with E-state index in [1.54, 1.807) is 7.05 Å². The zero-order valence-corrected chi connectivity index (χ0v) is 4.65. The van der Waals surface area contributed by atoms with Gasteiger partial charge in [0.05, 0.1) is 0 Å². The average Bonchev–Trinajstić information content (AvgIpc) is 1.72. The van der Waals surface area contributed by atoms with Gasteiger partial charge in [0.2, 0.25) is 0 Å². The minimum Gasteiger partial charge on any atom is -0.314 e. The summed E-state index contributed by atoms with van der Waals surface area (Å²) in [4.78, 5) is 0. The Kier molecular flexibility index (Phi) is 37.7. The molecule has 0 aromatic rings. The number of rotatable bonds is 1. The van der Waals surface area contributed by atoms with Gasteiger partial charge in [-0.15, -0.1) is 0 Å². The normalized spacial score (nSPS) is 4.50. The zero-order chi connectivity index (χ0) is 5.41.